The molecular weight excluding hydrogens is 138 g/mol. The fourth-order valence-corrected chi connectivity index (χ4v) is 2.55. The molecule has 0 aliphatic carbocycles. The lowest BCUT2D eigenvalue weighted by Crippen LogP contribution is -2.39. The van der Waals surface area contributed by atoms with Crippen molar-refractivity contribution in [2.45, 2.75) is 37.8 Å². The lowest BCUT2D eigenvalue weighted by atomic mass is 9.93. The summed E-state index contributed by atoms with van der Waals surface area (Å²) in [5, 5.41) is 3.62. The average Bonchev–Trinajstić information content (AvgIpc) is 2.32. The number of nitrogens with one attached hydrogen (secondary N) is 1. The molecule has 1 unspecified atom stereocenters. The predicted octanol–water partition coefficient (Wildman–Crippen LogP) is 1.16. The molecule has 0 radical (unpaired) electrons. The fraction of sp³-hybridized carbons (Fsp3) is 1.00. The normalized spacial score (nSPS) is 42.8. The van der Waals surface area contributed by atoms with E-state index in [2.05, 4.69) is 5.32 Å². The molecule has 2 heterocycles. The van der Waals surface area contributed by atoms with Gasteiger partial charge in [-0.1, -0.05) is 0 Å². The van der Waals surface area contributed by atoms with E-state index in [4.69, 9.17) is 4.74 Å². The number of hydrogen-bond acceptors (Lipinski definition) is 2. The molecule has 0 spiro atoms. The van der Waals surface area contributed by atoms with E-state index >= 15 is 0 Å². The largest absolute Gasteiger partial charge is 0.384 e. The Hall–Kier alpha value is -0.0800. The maximum Gasteiger partial charge on any atom is 0.0491 e. The molecule has 2 bridgehead atoms. The zero-order valence-electron chi connectivity index (χ0n) is 7.18. The quantitative estimate of drug-likeness (QED) is 0.646. The van der Waals surface area contributed by atoms with E-state index in [1.165, 1.54) is 25.7 Å². The van der Waals surface area contributed by atoms with Gasteiger partial charge in [0, 0.05) is 25.8 Å². The summed E-state index contributed by atoms with van der Waals surface area (Å²) in [6, 6.07) is 1.63. The summed E-state index contributed by atoms with van der Waals surface area (Å²) in [4.78, 5) is 0. The lowest BCUT2D eigenvalue weighted by molar-refractivity contribution is 0.122. The van der Waals surface area contributed by atoms with Gasteiger partial charge in [0.05, 0.1) is 0 Å². The highest BCUT2D eigenvalue weighted by Gasteiger charge is 2.32. The minimum absolute atomic E-state index is 0.814. The van der Waals surface area contributed by atoms with Crippen molar-refractivity contribution in [3.63, 3.8) is 0 Å². The van der Waals surface area contributed by atoms with Gasteiger partial charge >= 0.3 is 0 Å². The van der Waals surface area contributed by atoms with Crippen molar-refractivity contribution in [2.75, 3.05) is 13.7 Å². The maximum absolute atomic E-state index is 5.18. The van der Waals surface area contributed by atoms with Gasteiger partial charge in [0.15, 0.2) is 0 Å². The number of rotatable bonds is 2. The molecule has 2 fully saturated rings. The van der Waals surface area contributed by atoms with Gasteiger partial charge in [0.25, 0.3) is 0 Å². The average molecular weight is 155 g/mol. The molecule has 3 atom stereocenters. The first-order valence-corrected chi connectivity index (χ1v) is 4.63. The van der Waals surface area contributed by atoms with E-state index in [9.17, 15) is 0 Å². The summed E-state index contributed by atoms with van der Waals surface area (Å²) in [5.41, 5.74) is 0. The first kappa shape index (κ1) is 7.56. The second-order valence-corrected chi connectivity index (χ2v) is 3.93. The standard InChI is InChI=1S/C9H17NO/c1-11-6-7-4-8-2-3-9(5-7)10-8/h7-10H,2-6H2,1H3/t7?,8-,9+. The fourth-order valence-electron chi connectivity index (χ4n) is 2.55. The van der Waals surface area contributed by atoms with E-state index in [1.54, 1.807) is 0 Å². The third kappa shape index (κ3) is 1.57. The molecule has 0 aromatic heterocycles. The first-order valence-electron chi connectivity index (χ1n) is 4.63. The zero-order chi connectivity index (χ0) is 7.68. The van der Waals surface area contributed by atoms with Gasteiger partial charge in [-0.15, -0.1) is 0 Å². The van der Waals surface area contributed by atoms with Gasteiger partial charge < -0.3 is 10.1 Å². The molecule has 2 rings (SSSR count). The molecule has 2 heteroatoms. The number of piperidine rings is 1. The van der Waals surface area contributed by atoms with Gasteiger partial charge in [0.2, 0.25) is 0 Å². The second kappa shape index (κ2) is 3.11. The zero-order valence-corrected chi connectivity index (χ0v) is 7.18. The molecular formula is C9H17NO. The van der Waals surface area contributed by atoms with E-state index in [0.29, 0.717) is 0 Å². The van der Waals surface area contributed by atoms with Crippen molar-refractivity contribution in [1.29, 1.82) is 0 Å². The predicted molar refractivity (Wildman–Crippen MR) is 44.5 cm³/mol. The third-order valence-corrected chi connectivity index (χ3v) is 2.97. The van der Waals surface area contributed by atoms with Crippen LogP contribution in [0.2, 0.25) is 0 Å². The Kier molecular flexibility index (Phi) is 2.14. The van der Waals surface area contributed by atoms with Crippen LogP contribution in [-0.4, -0.2) is 25.8 Å². The molecule has 64 valence electrons. The smallest absolute Gasteiger partial charge is 0.0491 e. The molecule has 2 aliphatic rings. The number of hydrogen-bond donors (Lipinski definition) is 1. The molecule has 2 aliphatic heterocycles. The third-order valence-electron chi connectivity index (χ3n) is 2.97. The SMILES string of the molecule is COCC1C[C@H]2CC[C@@H](C1)N2. The molecule has 0 aromatic carbocycles. The van der Waals surface area contributed by atoms with Crippen LogP contribution in [0.1, 0.15) is 25.7 Å². The van der Waals surface area contributed by atoms with Crippen molar-refractivity contribution in [3.8, 4) is 0 Å². The minimum atomic E-state index is 0.814. The van der Waals surface area contributed by atoms with Crippen LogP contribution in [0, 0.1) is 5.92 Å². The van der Waals surface area contributed by atoms with Gasteiger partial charge in [-0.3, -0.25) is 0 Å². The van der Waals surface area contributed by atoms with E-state index in [0.717, 1.165) is 24.6 Å². The molecule has 0 saturated carbocycles. The van der Waals surface area contributed by atoms with Crippen LogP contribution in [0.4, 0.5) is 0 Å². The summed E-state index contributed by atoms with van der Waals surface area (Å²) < 4.78 is 5.18. The summed E-state index contributed by atoms with van der Waals surface area (Å²) >= 11 is 0. The summed E-state index contributed by atoms with van der Waals surface area (Å²) in [5.74, 6) is 0.832. The van der Waals surface area contributed by atoms with Crippen LogP contribution in [-0.2, 0) is 4.74 Å². The molecule has 0 aromatic rings. The molecule has 11 heavy (non-hydrogen) atoms. The van der Waals surface area contributed by atoms with Crippen LogP contribution >= 0.6 is 0 Å². The number of methoxy groups -OCH3 is 1. The Morgan fingerprint density at radius 2 is 1.91 bits per heavy atom. The summed E-state index contributed by atoms with van der Waals surface area (Å²) in [7, 11) is 1.81. The van der Waals surface area contributed by atoms with Crippen LogP contribution in [0.3, 0.4) is 0 Å². The Balaban J connectivity index is 1.87. The second-order valence-electron chi connectivity index (χ2n) is 3.93. The van der Waals surface area contributed by atoms with E-state index < -0.39 is 0 Å². The first-order chi connectivity index (χ1) is 5.38. The molecule has 2 nitrogen and oxygen atoms in total. The van der Waals surface area contributed by atoms with E-state index in [-0.39, 0.29) is 0 Å². The van der Waals surface area contributed by atoms with Crippen molar-refractivity contribution < 1.29 is 4.74 Å². The minimum Gasteiger partial charge on any atom is -0.384 e. The van der Waals surface area contributed by atoms with Crippen molar-refractivity contribution in [1.82, 2.24) is 5.32 Å². The lowest BCUT2D eigenvalue weighted by Gasteiger charge is -2.28. The summed E-state index contributed by atoms with van der Waals surface area (Å²) in [6.07, 6.45) is 5.46. The Labute approximate surface area is 68.3 Å². The van der Waals surface area contributed by atoms with Gasteiger partial charge in [-0.25, -0.2) is 0 Å². The van der Waals surface area contributed by atoms with Gasteiger partial charge in [-0.05, 0) is 31.6 Å². The Morgan fingerprint density at radius 3 is 2.45 bits per heavy atom. The van der Waals surface area contributed by atoms with Crippen molar-refractivity contribution in [2.24, 2.45) is 5.92 Å². The van der Waals surface area contributed by atoms with Crippen LogP contribution in [0.25, 0.3) is 0 Å². The van der Waals surface area contributed by atoms with Crippen molar-refractivity contribution >= 4 is 0 Å². The molecule has 2 saturated heterocycles. The summed E-state index contributed by atoms with van der Waals surface area (Å²) in [6.45, 7) is 0.967. The topological polar surface area (TPSA) is 21.3 Å². The monoisotopic (exact) mass is 155 g/mol. The van der Waals surface area contributed by atoms with Crippen LogP contribution in [0.5, 0.6) is 0 Å². The highest BCUT2D eigenvalue weighted by Crippen LogP contribution is 2.30. The number of fused-ring (bicyclic) bond motifs is 2. The number of ether oxygens (including phenoxy) is 1. The highest BCUT2D eigenvalue weighted by atomic mass is 16.5. The molecule has 0 amide bonds. The van der Waals surface area contributed by atoms with Crippen LogP contribution in [0.15, 0.2) is 0 Å². The highest BCUT2D eigenvalue weighted by molar-refractivity contribution is 4.91. The Bertz CT molecular complexity index is 126. The van der Waals surface area contributed by atoms with Crippen LogP contribution < -0.4 is 5.32 Å². The molecule has 1 N–H and O–H groups in total. The maximum atomic E-state index is 5.18. The Morgan fingerprint density at radius 1 is 1.27 bits per heavy atom. The van der Waals surface area contributed by atoms with Gasteiger partial charge in [0.1, 0.15) is 0 Å². The van der Waals surface area contributed by atoms with E-state index in [1.807, 2.05) is 7.11 Å². The van der Waals surface area contributed by atoms with Crippen molar-refractivity contribution in [3.05, 3.63) is 0 Å². The van der Waals surface area contributed by atoms with Gasteiger partial charge in [-0.2, -0.15) is 0 Å².